The van der Waals surface area contributed by atoms with Crippen LogP contribution in [0, 0.1) is 20.8 Å². The Kier molecular flexibility index (Phi) is 7.17. The second-order valence-corrected chi connectivity index (χ2v) is 7.27. The van der Waals surface area contributed by atoms with Crippen LogP contribution >= 0.6 is 0 Å². The van der Waals surface area contributed by atoms with Crippen molar-refractivity contribution in [1.82, 2.24) is 5.43 Å². The highest BCUT2D eigenvalue weighted by Crippen LogP contribution is 2.21. The third-order valence-electron chi connectivity index (χ3n) is 4.63. The summed E-state index contributed by atoms with van der Waals surface area (Å²) >= 11 is 0. The summed E-state index contributed by atoms with van der Waals surface area (Å²) in [6, 6.07) is 21.1. The molecule has 0 bridgehead atoms. The number of anilines is 1. The zero-order chi connectivity index (χ0) is 22.2. The quantitative estimate of drug-likeness (QED) is 0.358. The Morgan fingerprint density at radius 2 is 1.55 bits per heavy atom. The van der Waals surface area contributed by atoms with Gasteiger partial charge in [0.25, 0.3) is 0 Å². The molecule has 0 aromatic heterocycles. The second-order valence-electron chi connectivity index (χ2n) is 7.27. The van der Waals surface area contributed by atoms with E-state index in [0.717, 1.165) is 33.6 Å². The smallest absolute Gasteiger partial charge is 0.329 e. The van der Waals surface area contributed by atoms with Crippen molar-refractivity contribution in [3.05, 3.63) is 94.5 Å². The number of carbonyl (C=O) groups is 2. The number of aryl methyl sites for hydroxylation is 3. The Balaban J connectivity index is 1.50. The molecular formula is C25H25N3O3. The minimum atomic E-state index is -0.835. The van der Waals surface area contributed by atoms with Crippen LogP contribution in [0.1, 0.15) is 27.8 Å². The standard InChI is InChI=1S/C25H25N3O3/c1-17-13-18(2)23(19(3)14-17)27-24(29)25(30)28-26-15-20-9-11-22(12-10-20)31-16-21-7-5-4-6-8-21/h4-15H,16H2,1-3H3,(H,27,29)(H,28,30). The lowest BCUT2D eigenvalue weighted by Crippen LogP contribution is -2.32. The lowest BCUT2D eigenvalue weighted by molar-refractivity contribution is -0.136. The molecule has 0 saturated carbocycles. The first kappa shape index (κ1) is 21.8. The zero-order valence-electron chi connectivity index (χ0n) is 17.8. The molecule has 0 aliphatic carbocycles. The monoisotopic (exact) mass is 415 g/mol. The maximum Gasteiger partial charge on any atom is 0.329 e. The van der Waals surface area contributed by atoms with Gasteiger partial charge in [-0.3, -0.25) is 9.59 Å². The van der Waals surface area contributed by atoms with E-state index in [1.165, 1.54) is 6.21 Å². The summed E-state index contributed by atoms with van der Waals surface area (Å²) in [6.07, 6.45) is 1.47. The SMILES string of the molecule is Cc1cc(C)c(NC(=O)C(=O)NN=Cc2ccc(OCc3ccccc3)cc2)c(C)c1. The lowest BCUT2D eigenvalue weighted by Gasteiger charge is -2.12. The predicted octanol–water partition coefficient (Wildman–Crippen LogP) is 4.28. The van der Waals surface area contributed by atoms with Gasteiger partial charge in [-0.05, 0) is 67.3 Å². The van der Waals surface area contributed by atoms with E-state index in [1.807, 2.05) is 87.5 Å². The number of amides is 2. The molecule has 2 N–H and O–H groups in total. The van der Waals surface area contributed by atoms with Crippen molar-refractivity contribution in [2.45, 2.75) is 27.4 Å². The topological polar surface area (TPSA) is 79.8 Å². The summed E-state index contributed by atoms with van der Waals surface area (Å²) in [5.41, 5.74) is 7.64. The maximum absolute atomic E-state index is 12.2. The van der Waals surface area contributed by atoms with Crippen molar-refractivity contribution < 1.29 is 14.3 Å². The van der Waals surface area contributed by atoms with Crippen molar-refractivity contribution in [2.75, 3.05) is 5.32 Å². The van der Waals surface area contributed by atoms with E-state index >= 15 is 0 Å². The van der Waals surface area contributed by atoms with Crippen LogP contribution in [-0.4, -0.2) is 18.0 Å². The molecule has 31 heavy (non-hydrogen) atoms. The van der Waals surface area contributed by atoms with Crippen molar-refractivity contribution in [3.63, 3.8) is 0 Å². The number of carbonyl (C=O) groups excluding carboxylic acids is 2. The number of hydrogen-bond acceptors (Lipinski definition) is 4. The first-order chi connectivity index (χ1) is 14.9. The van der Waals surface area contributed by atoms with Crippen LogP contribution in [0.4, 0.5) is 5.69 Å². The molecule has 0 aliphatic heterocycles. The molecule has 0 fully saturated rings. The van der Waals surface area contributed by atoms with Crippen LogP contribution in [-0.2, 0) is 16.2 Å². The number of benzene rings is 3. The number of hydrogen-bond donors (Lipinski definition) is 2. The Morgan fingerprint density at radius 1 is 0.903 bits per heavy atom. The van der Waals surface area contributed by atoms with Crippen molar-refractivity contribution in [3.8, 4) is 5.75 Å². The van der Waals surface area contributed by atoms with Gasteiger partial charge in [0.2, 0.25) is 0 Å². The predicted molar refractivity (Wildman–Crippen MR) is 122 cm³/mol. The molecule has 0 saturated heterocycles. The summed E-state index contributed by atoms with van der Waals surface area (Å²) < 4.78 is 5.74. The largest absolute Gasteiger partial charge is 0.489 e. The Morgan fingerprint density at radius 3 is 2.19 bits per heavy atom. The summed E-state index contributed by atoms with van der Waals surface area (Å²) in [6.45, 7) is 6.24. The van der Waals surface area contributed by atoms with Crippen LogP contribution < -0.4 is 15.5 Å². The van der Waals surface area contributed by atoms with Crippen molar-refractivity contribution >= 4 is 23.7 Å². The zero-order valence-corrected chi connectivity index (χ0v) is 17.8. The third-order valence-corrected chi connectivity index (χ3v) is 4.63. The van der Waals surface area contributed by atoms with E-state index in [2.05, 4.69) is 15.8 Å². The van der Waals surface area contributed by atoms with Crippen LogP contribution in [0.3, 0.4) is 0 Å². The number of hydrazone groups is 1. The highest BCUT2D eigenvalue weighted by Gasteiger charge is 2.15. The van der Waals surface area contributed by atoms with Crippen molar-refractivity contribution in [2.24, 2.45) is 5.10 Å². The fraction of sp³-hybridized carbons (Fsp3) is 0.160. The number of nitrogens with one attached hydrogen (secondary N) is 2. The van der Waals surface area contributed by atoms with E-state index in [1.54, 1.807) is 0 Å². The fourth-order valence-corrected chi connectivity index (χ4v) is 3.15. The molecule has 3 aromatic carbocycles. The number of ether oxygens (including phenoxy) is 1. The van der Waals surface area contributed by atoms with Gasteiger partial charge in [-0.25, -0.2) is 5.43 Å². The van der Waals surface area contributed by atoms with Crippen LogP contribution in [0.5, 0.6) is 5.75 Å². The maximum atomic E-state index is 12.2. The molecule has 3 aromatic rings. The summed E-state index contributed by atoms with van der Waals surface area (Å²) in [5, 5.41) is 6.51. The average molecular weight is 415 g/mol. The molecule has 6 heteroatoms. The summed E-state index contributed by atoms with van der Waals surface area (Å²) in [7, 11) is 0. The molecular weight excluding hydrogens is 390 g/mol. The van der Waals surface area contributed by atoms with Gasteiger partial charge in [-0.2, -0.15) is 5.10 Å². The molecule has 0 unspecified atom stereocenters. The van der Waals surface area contributed by atoms with Gasteiger partial charge in [-0.1, -0.05) is 48.0 Å². The van der Waals surface area contributed by atoms with Crippen LogP contribution in [0.25, 0.3) is 0 Å². The fourth-order valence-electron chi connectivity index (χ4n) is 3.15. The van der Waals surface area contributed by atoms with Crippen LogP contribution in [0.15, 0.2) is 71.8 Å². The molecule has 0 spiro atoms. The summed E-state index contributed by atoms with van der Waals surface area (Å²) in [4.78, 5) is 24.2. The molecule has 6 nitrogen and oxygen atoms in total. The van der Waals surface area contributed by atoms with Gasteiger partial charge in [0, 0.05) is 5.69 Å². The average Bonchev–Trinajstić information content (AvgIpc) is 2.76. The Labute approximate surface area is 182 Å². The Bertz CT molecular complexity index is 1070. The van der Waals surface area contributed by atoms with Gasteiger partial charge in [-0.15, -0.1) is 0 Å². The molecule has 0 radical (unpaired) electrons. The second kappa shape index (κ2) is 10.2. The van der Waals surface area contributed by atoms with Gasteiger partial charge < -0.3 is 10.1 Å². The minimum absolute atomic E-state index is 0.485. The van der Waals surface area contributed by atoms with E-state index < -0.39 is 11.8 Å². The van der Waals surface area contributed by atoms with Gasteiger partial charge in [0.1, 0.15) is 12.4 Å². The summed E-state index contributed by atoms with van der Waals surface area (Å²) in [5.74, 6) is -0.872. The van der Waals surface area contributed by atoms with Crippen molar-refractivity contribution in [1.29, 1.82) is 0 Å². The lowest BCUT2D eigenvalue weighted by atomic mass is 10.1. The first-order valence-electron chi connectivity index (χ1n) is 9.91. The van der Waals surface area contributed by atoms with E-state index in [-0.39, 0.29) is 0 Å². The molecule has 0 atom stereocenters. The van der Waals surface area contributed by atoms with Crippen LogP contribution in [0.2, 0.25) is 0 Å². The highest BCUT2D eigenvalue weighted by atomic mass is 16.5. The minimum Gasteiger partial charge on any atom is -0.489 e. The normalized spacial score (nSPS) is 10.7. The Hall–Kier alpha value is -3.93. The van der Waals surface area contributed by atoms with E-state index in [9.17, 15) is 9.59 Å². The first-order valence-corrected chi connectivity index (χ1v) is 9.91. The molecule has 0 aliphatic rings. The molecule has 2 amide bonds. The van der Waals surface area contributed by atoms with Gasteiger partial charge in [0.15, 0.2) is 0 Å². The van der Waals surface area contributed by atoms with E-state index in [4.69, 9.17) is 4.74 Å². The number of nitrogens with zero attached hydrogens (tertiary/aromatic N) is 1. The van der Waals surface area contributed by atoms with Gasteiger partial charge in [0.05, 0.1) is 6.21 Å². The highest BCUT2D eigenvalue weighted by molar-refractivity contribution is 6.39. The number of rotatable bonds is 6. The van der Waals surface area contributed by atoms with Gasteiger partial charge >= 0.3 is 11.8 Å². The molecule has 0 heterocycles. The molecule has 3 rings (SSSR count). The van der Waals surface area contributed by atoms with E-state index in [0.29, 0.717) is 12.3 Å². The molecule has 158 valence electrons. The third kappa shape index (κ3) is 6.27.